The van der Waals surface area contributed by atoms with Gasteiger partial charge in [-0.25, -0.2) is 9.97 Å². The van der Waals surface area contributed by atoms with Crippen molar-refractivity contribution in [3.05, 3.63) is 71.7 Å². The van der Waals surface area contributed by atoms with Gasteiger partial charge in [0, 0.05) is 24.0 Å². The highest BCUT2D eigenvalue weighted by Gasteiger charge is 2.15. The SMILES string of the molecule is CCOc1ccc(NC(=O)c2cc(N(CC)c3cccc(C)c3)nc(C)n2)cc1. The molecule has 0 spiro atoms. The molecule has 0 fully saturated rings. The summed E-state index contributed by atoms with van der Waals surface area (Å²) in [6.45, 7) is 9.16. The summed E-state index contributed by atoms with van der Waals surface area (Å²) in [7, 11) is 0. The van der Waals surface area contributed by atoms with Crippen molar-refractivity contribution in [2.75, 3.05) is 23.4 Å². The lowest BCUT2D eigenvalue weighted by Gasteiger charge is -2.23. The van der Waals surface area contributed by atoms with Gasteiger partial charge in [-0.1, -0.05) is 12.1 Å². The van der Waals surface area contributed by atoms with Gasteiger partial charge in [0.05, 0.1) is 6.61 Å². The summed E-state index contributed by atoms with van der Waals surface area (Å²) in [6.07, 6.45) is 0. The number of carbonyl (C=O) groups excluding carboxylic acids is 1. The van der Waals surface area contributed by atoms with Gasteiger partial charge in [-0.3, -0.25) is 4.79 Å². The van der Waals surface area contributed by atoms with Crippen LogP contribution in [0.3, 0.4) is 0 Å². The van der Waals surface area contributed by atoms with Crippen LogP contribution in [0.5, 0.6) is 5.75 Å². The largest absolute Gasteiger partial charge is 0.494 e. The Hall–Kier alpha value is -3.41. The fourth-order valence-corrected chi connectivity index (χ4v) is 3.08. The molecule has 0 radical (unpaired) electrons. The van der Waals surface area contributed by atoms with Gasteiger partial charge >= 0.3 is 0 Å². The van der Waals surface area contributed by atoms with Crippen molar-refractivity contribution in [3.63, 3.8) is 0 Å². The van der Waals surface area contributed by atoms with E-state index in [9.17, 15) is 4.79 Å². The van der Waals surface area contributed by atoms with Crippen molar-refractivity contribution >= 4 is 23.1 Å². The summed E-state index contributed by atoms with van der Waals surface area (Å²) < 4.78 is 5.43. The number of aromatic nitrogens is 2. The van der Waals surface area contributed by atoms with Crippen molar-refractivity contribution in [2.24, 2.45) is 0 Å². The number of hydrogen-bond donors (Lipinski definition) is 1. The van der Waals surface area contributed by atoms with Gasteiger partial charge in [0.15, 0.2) is 0 Å². The fourth-order valence-electron chi connectivity index (χ4n) is 3.08. The highest BCUT2D eigenvalue weighted by atomic mass is 16.5. The maximum absolute atomic E-state index is 12.8. The Bertz CT molecular complexity index is 986. The lowest BCUT2D eigenvalue weighted by atomic mass is 10.2. The molecular formula is C23H26N4O2. The van der Waals surface area contributed by atoms with E-state index in [1.54, 1.807) is 13.0 Å². The van der Waals surface area contributed by atoms with Gasteiger partial charge in [-0.2, -0.15) is 0 Å². The average Bonchev–Trinajstić information content (AvgIpc) is 2.70. The molecule has 3 rings (SSSR count). The van der Waals surface area contributed by atoms with E-state index in [0.717, 1.165) is 18.0 Å². The first kappa shape index (κ1) is 20.3. The minimum Gasteiger partial charge on any atom is -0.494 e. The molecular weight excluding hydrogens is 364 g/mol. The van der Waals surface area contributed by atoms with E-state index in [1.165, 1.54) is 5.56 Å². The van der Waals surface area contributed by atoms with Crippen LogP contribution >= 0.6 is 0 Å². The molecule has 0 aliphatic rings. The number of anilines is 3. The van der Waals surface area contributed by atoms with Crippen LogP contribution in [-0.4, -0.2) is 29.0 Å². The zero-order valence-corrected chi connectivity index (χ0v) is 17.3. The lowest BCUT2D eigenvalue weighted by molar-refractivity contribution is 0.102. The highest BCUT2D eigenvalue weighted by molar-refractivity contribution is 6.03. The first-order chi connectivity index (χ1) is 14.0. The molecule has 1 N–H and O–H groups in total. The van der Waals surface area contributed by atoms with E-state index >= 15 is 0 Å². The van der Waals surface area contributed by atoms with Gasteiger partial charge in [-0.05, 0) is 69.7 Å². The van der Waals surface area contributed by atoms with Gasteiger partial charge in [0.1, 0.15) is 23.1 Å². The molecule has 1 amide bonds. The third-order valence-electron chi connectivity index (χ3n) is 4.39. The number of aryl methyl sites for hydroxylation is 2. The summed E-state index contributed by atoms with van der Waals surface area (Å²) in [5.74, 6) is 1.73. The van der Waals surface area contributed by atoms with E-state index < -0.39 is 0 Å². The van der Waals surface area contributed by atoms with Gasteiger partial charge < -0.3 is 15.0 Å². The molecule has 0 aliphatic carbocycles. The van der Waals surface area contributed by atoms with Crippen molar-refractivity contribution < 1.29 is 9.53 Å². The predicted molar refractivity (Wildman–Crippen MR) is 116 cm³/mol. The van der Waals surface area contributed by atoms with E-state index in [1.807, 2.05) is 43.3 Å². The number of benzene rings is 2. The average molecular weight is 390 g/mol. The molecule has 0 atom stereocenters. The van der Waals surface area contributed by atoms with E-state index in [-0.39, 0.29) is 5.91 Å². The summed E-state index contributed by atoms with van der Waals surface area (Å²) >= 11 is 0. The number of nitrogens with zero attached hydrogens (tertiary/aromatic N) is 3. The molecule has 0 saturated heterocycles. The van der Waals surface area contributed by atoms with Crippen LogP contribution in [0.1, 0.15) is 35.7 Å². The molecule has 0 unspecified atom stereocenters. The number of amides is 1. The predicted octanol–water partition coefficient (Wildman–Crippen LogP) is 4.90. The Morgan fingerprint density at radius 2 is 1.79 bits per heavy atom. The maximum atomic E-state index is 12.8. The second-order valence-corrected chi connectivity index (χ2v) is 6.65. The molecule has 0 saturated carbocycles. The van der Waals surface area contributed by atoms with Crippen molar-refractivity contribution in [2.45, 2.75) is 27.7 Å². The third kappa shape index (κ3) is 5.10. The van der Waals surface area contributed by atoms with E-state index in [4.69, 9.17) is 4.74 Å². The Labute approximate surface area is 171 Å². The Balaban J connectivity index is 1.84. The standard InChI is InChI=1S/C23H26N4O2/c1-5-27(19-9-7-8-16(3)14-19)22-15-21(24-17(4)25-22)23(28)26-18-10-12-20(13-11-18)29-6-2/h7-15H,5-6H2,1-4H3,(H,26,28). The van der Waals surface area contributed by atoms with Gasteiger partial charge in [0.2, 0.25) is 0 Å². The third-order valence-corrected chi connectivity index (χ3v) is 4.39. The van der Waals surface area contributed by atoms with E-state index in [0.29, 0.717) is 29.6 Å². The smallest absolute Gasteiger partial charge is 0.274 e. The molecule has 0 aliphatic heterocycles. The van der Waals surface area contributed by atoms with Crippen LogP contribution in [0.4, 0.5) is 17.2 Å². The minimum atomic E-state index is -0.277. The monoisotopic (exact) mass is 390 g/mol. The van der Waals surface area contributed by atoms with Gasteiger partial charge in [0.25, 0.3) is 5.91 Å². The highest BCUT2D eigenvalue weighted by Crippen LogP contribution is 2.25. The molecule has 6 nitrogen and oxygen atoms in total. The van der Waals surface area contributed by atoms with Crippen LogP contribution in [-0.2, 0) is 0 Å². The first-order valence-electron chi connectivity index (χ1n) is 9.74. The second kappa shape index (κ2) is 9.19. The molecule has 1 aromatic heterocycles. The van der Waals surface area contributed by atoms with Crippen molar-refractivity contribution in [3.8, 4) is 5.75 Å². The number of ether oxygens (including phenoxy) is 1. The van der Waals surface area contributed by atoms with Crippen LogP contribution < -0.4 is 15.0 Å². The van der Waals surface area contributed by atoms with Gasteiger partial charge in [-0.15, -0.1) is 0 Å². The molecule has 0 bridgehead atoms. The van der Waals surface area contributed by atoms with Crippen LogP contribution in [0, 0.1) is 13.8 Å². The second-order valence-electron chi connectivity index (χ2n) is 6.65. The topological polar surface area (TPSA) is 67.3 Å². The molecule has 6 heteroatoms. The normalized spacial score (nSPS) is 10.5. The minimum absolute atomic E-state index is 0.277. The van der Waals surface area contributed by atoms with Crippen LogP contribution in [0.2, 0.25) is 0 Å². The number of nitrogens with one attached hydrogen (secondary N) is 1. The molecule has 3 aromatic rings. The molecule has 2 aromatic carbocycles. The zero-order chi connectivity index (χ0) is 20.8. The number of rotatable bonds is 7. The van der Waals surface area contributed by atoms with Crippen LogP contribution in [0.15, 0.2) is 54.6 Å². The number of hydrogen-bond acceptors (Lipinski definition) is 5. The first-order valence-corrected chi connectivity index (χ1v) is 9.74. The summed E-state index contributed by atoms with van der Waals surface area (Å²) in [5.41, 5.74) is 3.21. The fraction of sp³-hybridized carbons (Fsp3) is 0.261. The maximum Gasteiger partial charge on any atom is 0.274 e. The Morgan fingerprint density at radius 1 is 1.03 bits per heavy atom. The quantitative estimate of drug-likeness (QED) is 0.621. The Kier molecular flexibility index (Phi) is 6.44. The Morgan fingerprint density at radius 3 is 2.45 bits per heavy atom. The lowest BCUT2D eigenvalue weighted by Crippen LogP contribution is -2.21. The van der Waals surface area contributed by atoms with E-state index in [2.05, 4.69) is 46.2 Å². The molecule has 1 heterocycles. The summed E-state index contributed by atoms with van der Waals surface area (Å²) in [4.78, 5) is 23.7. The number of carbonyl (C=O) groups is 1. The van der Waals surface area contributed by atoms with Crippen molar-refractivity contribution in [1.29, 1.82) is 0 Å². The molecule has 150 valence electrons. The van der Waals surface area contributed by atoms with Crippen LogP contribution in [0.25, 0.3) is 0 Å². The summed E-state index contributed by atoms with van der Waals surface area (Å²) in [5, 5.41) is 2.88. The zero-order valence-electron chi connectivity index (χ0n) is 17.3. The summed E-state index contributed by atoms with van der Waals surface area (Å²) in [6, 6.07) is 17.2. The van der Waals surface area contributed by atoms with Crippen molar-refractivity contribution in [1.82, 2.24) is 9.97 Å². The molecule has 29 heavy (non-hydrogen) atoms.